The Hall–Kier alpha value is -1.01. The summed E-state index contributed by atoms with van der Waals surface area (Å²) in [5, 5.41) is 10.5. The van der Waals surface area contributed by atoms with Gasteiger partial charge in [-0.2, -0.15) is 0 Å². The SMILES string of the molecule is CCN(CC1CCOC1)C(=C(Cl)[N+](=O)[O-])N(C)C. The zero-order valence-corrected chi connectivity index (χ0v) is 11.8. The number of nitrogens with zero attached hydrogens (tertiary/aromatic N) is 3. The third-order valence-corrected chi connectivity index (χ3v) is 3.26. The van der Waals surface area contributed by atoms with Gasteiger partial charge in [0.15, 0.2) is 5.82 Å². The van der Waals surface area contributed by atoms with Crippen molar-refractivity contribution in [2.75, 3.05) is 40.4 Å². The van der Waals surface area contributed by atoms with Crippen molar-refractivity contribution in [2.24, 2.45) is 5.92 Å². The minimum Gasteiger partial charge on any atom is -0.381 e. The van der Waals surface area contributed by atoms with Gasteiger partial charge in [-0.3, -0.25) is 10.1 Å². The molecule has 1 saturated heterocycles. The quantitative estimate of drug-likeness (QED) is 0.419. The maximum Gasteiger partial charge on any atom is 0.377 e. The van der Waals surface area contributed by atoms with Gasteiger partial charge in [-0.25, -0.2) is 0 Å². The summed E-state index contributed by atoms with van der Waals surface area (Å²) in [6.07, 6.45) is 0.993. The average Bonchev–Trinajstić information content (AvgIpc) is 2.79. The topological polar surface area (TPSA) is 58.9 Å². The van der Waals surface area contributed by atoms with Crippen LogP contribution in [0, 0.1) is 16.0 Å². The van der Waals surface area contributed by atoms with Gasteiger partial charge in [0.1, 0.15) is 0 Å². The Morgan fingerprint density at radius 3 is 2.61 bits per heavy atom. The van der Waals surface area contributed by atoms with E-state index in [1.54, 1.807) is 19.0 Å². The van der Waals surface area contributed by atoms with Crippen LogP contribution in [0.25, 0.3) is 0 Å². The van der Waals surface area contributed by atoms with Crippen molar-refractivity contribution in [3.05, 3.63) is 21.1 Å². The summed E-state index contributed by atoms with van der Waals surface area (Å²) in [6.45, 7) is 4.85. The van der Waals surface area contributed by atoms with Crippen LogP contribution in [0.3, 0.4) is 0 Å². The van der Waals surface area contributed by atoms with Crippen LogP contribution in [0.4, 0.5) is 0 Å². The fraction of sp³-hybridized carbons (Fsp3) is 0.818. The molecule has 0 spiro atoms. The van der Waals surface area contributed by atoms with Crippen molar-refractivity contribution in [1.29, 1.82) is 0 Å². The van der Waals surface area contributed by atoms with Gasteiger partial charge in [-0.15, -0.1) is 0 Å². The summed E-state index contributed by atoms with van der Waals surface area (Å²) in [5.41, 5.74) is 0. The first kappa shape index (κ1) is 15.0. The van der Waals surface area contributed by atoms with Gasteiger partial charge in [0.05, 0.1) is 11.5 Å². The van der Waals surface area contributed by atoms with Crippen molar-refractivity contribution in [3.8, 4) is 0 Å². The van der Waals surface area contributed by atoms with E-state index < -0.39 is 4.92 Å². The molecule has 18 heavy (non-hydrogen) atoms. The molecule has 0 aliphatic carbocycles. The lowest BCUT2D eigenvalue weighted by molar-refractivity contribution is -0.415. The van der Waals surface area contributed by atoms with Gasteiger partial charge in [-0.1, -0.05) is 0 Å². The summed E-state index contributed by atoms with van der Waals surface area (Å²) >= 11 is 5.80. The second-order valence-corrected chi connectivity index (χ2v) is 4.89. The smallest absolute Gasteiger partial charge is 0.377 e. The lowest BCUT2D eigenvalue weighted by Gasteiger charge is -2.30. The van der Waals surface area contributed by atoms with Crippen LogP contribution in [0.1, 0.15) is 13.3 Å². The lowest BCUT2D eigenvalue weighted by Crippen LogP contribution is -2.36. The molecule has 1 heterocycles. The van der Waals surface area contributed by atoms with E-state index in [1.807, 2.05) is 11.8 Å². The molecule has 0 aromatic carbocycles. The second-order valence-electron chi connectivity index (χ2n) is 4.53. The highest BCUT2D eigenvalue weighted by molar-refractivity contribution is 6.28. The van der Waals surface area contributed by atoms with E-state index in [9.17, 15) is 10.1 Å². The highest BCUT2D eigenvalue weighted by Crippen LogP contribution is 2.21. The Morgan fingerprint density at radius 1 is 1.56 bits per heavy atom. The van der Waals surface area contributed by atoms with E-state index in [0.29, 0.717) is 24.9 Å². The molecule has 7 heteroatoms. The molecule has 1 aliphatic rings. The van der Waals surface area contributed by atoms with Crippen LogP contribution in [0.5, 0.6) is 0 Å². The van der Waals surface area contributed by atoms with Crippen LogP contribution >= 0.6 is 11.6 Å². The molecule has 0 aromatic heterocycles. The number of rotatable bonds is 6. The minimum atomic E-state index is -0.551. The molecule has 0 aromatic rings. The molecular formula is C11H20ClN3O3. The number of ether oxygens (including phenoxy) is 1. The number of hydrogen-bond acceptors (Lipinski definition) is 5. The molecule has 1 aliphatic heterocycles. The van der Waals surface area contributed by atoms with E-state index in [-0.39, 0.29) is 5.16 Å². The summed E-state index contributed by atoms with van der Waals surface area (Å²) < 4.78 is 5.33. The molecule has 6 nitrogen and oxygen atoms in total. The maximum atomic E-state index is 10.8. The third kappa shape index (κ3) is 3.74. The van der Waals surface area contributed by atoms with Crippen LogP contribution in [-0.2, 0) is 4.74 Å². The fourth-order valence-electron chi connectivity index (χ4n) is 2.08. The highest BCUT2D eigenvalue weighted by Gasteiger charge is 2.26. The van der Waals surface area contributed by atoms with Gasteiger partial charge in [0.2, 0.25) is 0 Å². The van der Waals surface area contributed by atoms with Crippen LogP contribution in [0.15, 0.2) is 11.0 Å². The average molecular weight is 278 g/mol. The highest BCUT2D eigenvalue weighted by atomic mass is 35.5. The number of hydrogen-bond donors (Lipinski definition) is 0. The Bertz CT molecular complexity index is 327. The van der Waals surface area contributed by atoms with Crippen molar-refractivity contribution in [1.82, 2.24) is 9.80 Å². The van der Waals surface area contributed by atoms with E-state index >= 15 is 0 Å². The molecule has 0 radical (unpaired) electrons. The van der Waals surface area contributed by atoms with Gasteiger partial charge >= 0.3 is 5.16 Å². The molecule has 0 saturated carbocycles. The molecular weight excluding hydrogens is 258 g/mol. The molecule has 0 amide bonds. The minimum absolute atomic E-state index is 0.333. The van der Waals surface area contributed by atoms with Gasteiger partial charge in [0.25, 0.3) is 0 Å². The van der Waals surface area contributed by atoms with Crippen molar-refractivity contribution < 1.29 is 9.66 Å². The molecule has 1 rings (SSSR count). The van der Waals surface area contributed by atoms with E-state index in [1.165, 1.54) is 0 Å². The normalized spacial score (nSPS) is 20.6. The molecule has 104 valence electrons. The Morgan fingerprint density at radius 2 is 2.22 bits per heavy atom. The maximum absolute atomic E-state index is 10.8. The second kappa shape index (κ2) is 6.80. The lowest BCUT2D eigenvalue weighted by atomic mass is 10.1. The Labute approximate surface area is 112 Å². The molecule has 1 fully saturated rings. The Balaban J connectivity index is 2.87. The summed E-state index contributed by atoms with van der Waals surface area (Å²) in [6, 6.07) is 0. The van der Waals surface area contributed by atoms with Gasteiger partial charge in [-0.05, 0) is 24.9 Å². The number of nitro groups is 1. The van der Waals surface area contributed by atoms with Crippen LogP contribution in [-0.4, -0.2) is 55.1 Å². The van der Waals surface area contributed by atoms with Crippen LogP contribution < -0.4 is 0 Å². The summed E-state index contributed by atoms with van der Waals surface area (Å²) in [5.74, 6) is 0.868. The van der Waals surface area contributed by atoms with Gasteiger partial charge < -0.3 is 14.5 Å². The predicted octanol–water partition coefficient (Wildman–Crippen LogP) is 1.55. The van der Waals surface area contributed by atoms with Crippen molar-refractivity contribution in [3.63, 3.8) is 0 Å². The van der Waals surface area contributed by atoms with Crippen molar-refractivity contribution in [2.45, 2.75) is 13.3 Å². The zero-order chi connectivity index (χ0) is 13.7. The third-order valence-electron chi connectivity index (χ3n) is 2.95. The fourth-order valence-corrected chi connectivity index (χ4v) is 2.37. The summed E-state index contributed by atoms with van der Waals surface area (Å²) in [7, 11) is 3.52. The standard InChI is InChI=1S/C11H20ClN3O3/c1-4-14(7-9-5-6-18-8-9)11(13(2)3)10(12)15(16)17/h9H,4-8H2,1-3H3. The molecule has 1 unspecified atom stereocenters. The molecule has 0 N–H and O–H groups in total. The van der Waals surface area contributed by atoms with E-state index in [0.717, 1.165) is 19.6 Å². The van der Waals surface area contributed by atoms with Gasteiger partial charge in [0, 0.05) is 39.7 Å². The van der Waals surface area contributed by atoms with E-state index in [2.05, 4.69) is 0 Å². The first-order chi connectivity index (χ1) is 8.47. The first-order valence-corrected chi connectivity index (χ1v) is 6.39. The zero-order valence-electron chi connectivity index (χ0n) is 11.1. The molecule has 1 atom stereocenters. The van der Waals surface area contributed by atoms with Crippen LogP contribution in [0.2, 0.25) is 0 Å². The van der Waals surface area contributed by atoms with Crippen molar-refractivity contribution >= 4 is 11.6 Å². The Kier molecular flexibility index (Phi) is 5.68. The van der Waals surface area contributed by atoms with E-state index in [4.69, 9.17) is 16.3 Å². The monoisotopic (exact) mass is 277 g/mol. The largest absolute Gasteiger partial charge is 0.381 e. The predicted molar refractivity (Wildman–Crippen MR) is 69.7 cm³/mol. The number of halogens is 1. The summed E-state index contributed by atoms with van der Waals surface area (Å²) in [4.78, 5) is 13.9. The molecule has 0 bridgehead atoms. The first-order valence-electron chi connectivity index (χ1n) is 6.01.